The Bertz CT molecular complexity index is 530. The summed E-state index contributed by atoms with van der Waals surface area (Å²) in [5.74, 6) is 0. The summed E-state index contributed by atoms with van der Waals surface area (Å²) in [6.07, 6.45) is -0.0916. The number of sulfonamides is 1. The third kappa shape index (κ3) is 4.00. The summed E-state index contributed by atoms with van der Waals surface area (Å²) in [6.45, 7) is 6.02. The lowest BCUT2D eigenvalue weighted by Gasteiger charge is -2.32. The van der Waals surface area contributed by atoms with E-state index in [0.29, 0.717) is 19.7 Å². The fourth-order valence-electron chi connectivity index (χ4n) is 2.09. The Morgan fingerprint density at radius 2 is 2.40 bits per heavy atom. The van der Waals surface area contributed by atoms with Gasteiger partial charge in [0.25, 0.3) is 0 Å². The normalized spacial score (nSPS) is 21.2. The molecule has 0 spiro atoms. The minimum Gasteiger partial charge on any atom is -0.374 e. The van der Waals surface area contributed by atoms with Gasteiger partial charge in [0.15, 0.2) is 0 Å². The van der Waals surface area contributed by atoms with Gasteiger partial charge in [-0.05, 0) is 12.6 Å². The molecule has 2 heterocycles. The van der Waals surface area contributed by atoms with Gasteiger partial charge in [-0.2, -0.15) is 0 Å². The highest BCUT2D eigenvalue weighted by atomic mass is 32.2. The largest absolute Gasteiger partial charge is 0.374 e. The van der Waals surface area contributed by atoms with Crippen molar-refractivity contribution in [3.05, 3.63) is 16.3 Å². The van der Waals surface area contributed by atoms with Crippen LogP contribution in [-0.2, 0) is 21.3 Å². The number of morpholine rings is 1. The number of hydrogen-bond acceptors (Lipinski definition) is 6. The summed E-state index contributed by atoms with van der Waals surface area (Å²) in [5.41, 5.74) is 5.50. The molecule has 1 unspecified atom stereocenters. The van der Waals surface area contributed by atoms with Crippen LogP contribution in [0.2, 0.25) is 0 Å². The Hall–Kier alpha value is -0.510. The molecule has 0 radical (unpaired) electrons. The molecule has 2 rings (SSSR count). The Morgan fingerprint density at radius 1 is 1.60 bits per heavy atom. The second-order valence-electron chi connectivity index (χ2n) is 4.69. The van der Waals surface area contributed by atoms with Crippen molar-refractivity contribution in [2.75, 3.05) is 32.8 Å². The minimum absolute atomic E-state index is 0.0916. The van der Waals surface area contributed by atoms with Gasteiger partial charge in [-0.15, -0.1) is 11.3 Å². The van der Waals surface area contributed by atoms with Gasteiger partial charge in [-0.25, -0.2) is 13.1 Å². The Balaban J connectivity index is 1.92. The number of nitrogens with two attached hydrogens (primary N) is 1. The highest BCUT2D eigenvalue weighted by Crippen LogP contribution is 2.18. The summed E-state index contributed by atoms with van der Waals surface area (Å²) < 4.78 is 32.5. The average Bonchev–Trinajstić information content (AvgIpc) is 2.95. The molecule has 1 fully saturated rings. The van der Waals surface area contributed by atoms with E-state index in [-0.39, 0.29) is 11.0 Å². The van der Waals surface area contributed by atoms with E-state index >= 15 is 0 Å². The molecule has 1 atom stereocenters. The maximum absolute atomic E-state index is 12.1. The molecule has 1 aromatic heterocycles. The number of likely N-dealkylation sites (N-methyl/N-ethyl adjacent to an activating group) is 1. The van der Waals surface area contributed by atoms with Crippen molar-refractivity contribution in [3.63, 3.8) is 0 Å². The first-order chi connectivity index (χ1) is 9.55. The molecule has 0 saturated carbocycles. The van der Waals surface area contributed by atoms with Crippen LogP contribution in [-0.4, -0.2) is 52.2 Å². The van der Waals surface area contributed by atoms with E-state index in [0.717, 1.165) is 24.5 Å². The van der Waals surface area contributed by atoms with Crippen molar-refractivity contribution >= 4 is 21.4 Å². The van der Waals surface area contributed by atoms with Gasteiger partial charge in [0, 0.05) is 36.4 Å². The Labute approximate surface area is 124 Å². The summed E-state index contributed by atoms with van der Waals surface area (Å²) in [4.78, 5) is 3.39. The molecule has 114 valence electrons. The zero-order valence-corrected chi connectivity index (χ0v) is 13.2. The van der Waals surface area contributed by atoms with E-state index in [2.05, 4.69) is 16.5 Å². The summed E-state index contributed by atoms with van der Waals surface area (Å²) in [7, 11) is -3.47. The average molecular weight is 319 g/mol. The van der Waals surface area contributed by atoms with Gasteiger partial charge in [-0.1, -0.05) is 6.92 Å². The molecular formula is C12H21N3O3S2. The highest BCUT2D eigenvalue weighted by molar-refractivity contribution is 7.89. The number of ether oxygens (including phenoxy) is 1. The summed E-state index contributed by atoms with van der Waals surface area (Å²) in [5, 5.41) is 1.62. The van der Waals surface area contributed by atoms with Gasteiger partial charge in [0.05, 0.1) is 17.6 Å². The van der Waals surface area contributed by atoms with Crippen LogP contribution >= 0.6 is 11.3 Å². The topological polar surface area (TPSA) is 84.7 Å². The quantitative estimate of drug-likeness (QED) is 0.783. The molecule has 1 aromatic rings. The first kappa shape index (κ1) is 15.9. The third-order valence-corrected chi connectivity index (χ3v) is 5.82. The molecule has 8 heteroatoms. The van der Waals surface area contributed by atoms with Gasteiger partial charge in [0.2, 0.25) is 10.0 Å². The number of hydrogen-bond donors (Lipinski definition) is 2. The van der Waals surface area contributed by atoms with E-state index in [1.54, 1.807) is 11.4 Å². The molecule has 0 aliphatic carbocycles. The number of thiophene rings is 1. The van der Waals surface area contributed by atoms with E-state index in [1.165, 1.54) is 11.3 Å². The van der Waals surface area contributed by atoms with Crippen molar-refractivity contribution in [2.45, 2.75) is 24.5 Å². The third-order valence-electron chi connectivity index (χ3n) is 3.31. The Kier molecular flexibility index (Phi) is 5.53. The molecular weight excluding hydrogens is 298 g/mol. The van der Waals surface area contributed by atoms with Crippen LogP contribution < -0.4 is 10.5 Å². The van der Waals surface area contributed by atoms with Crippen LogP contribution in [0.4, 0.5) is 0 Å². The minimum atomic E-state index is -3.47. The van der Waals surface area contributed by atoms with Crippen LogP contribution in [0.25, 0.3) is 0 Å². The zero-order valence-electron chi connectivity index (χ0n) is 11.5. The highest BCUT2D eigenvalue weighted by Gasteiger charge is 2.22. The fraction of sp³-hybridized carbons (Fsp3) is 0.667. The van der Waals surface area contributed by atoms with Gasteiger partial charge in [-0.3, -0.25) is 4.90 Å². The van der Waals surface area contributed by atoms with Gasteiger partial charge in [0.1, 0.15) is 0 Å². The van der Waals surface area contributed by atoms with Gasteiger partial charge >= 0.3 is 0 Å². The first-order valence-electron chi connectivity index (χ1n) is 6.66. The SMILES string of the molecule is CCN1CCOC(CNS(=O)(=O)c2csc(CN)c2)C1. The van der Waals surface area contributed by atoms with Crippen LogP contribution in [0.1, 0.15) is 11.8 Å². The lowest BCUT2D eigenvalue weighted by atomic mass is 10.3. The van der Waals surface area contributed by atoms with Crippen molar-refractivity contribution in [1.82, 2.24) is 9.62 Å². The van der Waals surface area contributed by atoms with E-state index < -0.39 is 10.0 Å². The number of nitrogens with one attached hydrogen (secondary N) is 1. The van der Waals surface area contributed by atoms with Crippen LogP contribution in [0.5, 0.6) is 0 Å². The van der Waals surface area contributed by atoms with E-state index in [4.69, 9.17) is 10.5 Å². The molecule has 3 N–H and O–H groups in total. The predicted octanol–water partition coefficient (Wildman–Crippen LogP) is 0.206. The van der Waals surface area contributed by atoms with Crippen LogP contribution in [0, 0.1) is 0 Å². The maximum Gasteiger partial charge on any atom is 0.241 e. The van der Waals surface area contributed by atoms with Crippen LogP contribution in [0.15, 0.2) is 16.3 Å². The standard InChI is InChI=1S/C12H21N3O3S2/c1-2-15-3-4-18-10(8-15)7-14-20(16,17)12-5-11(6-13)19-9-12/h5,9-10,14H,2-4,6-8,13H2,1H3. The molecule has 6 nitrogen and oxygen atoms in total. The van der Waals surface area contributed by atoms with Crippen molar-refractivity contribution in [2.24, 2.45) is 5.73 Å². The monoisotopic (exact) mass is 319 g/mol. The number of rotatable bonds is 6. The molecule has 0 bridgehead atoms. The molecule has 1 aliphatic rings. The van der Waals surface area contributed by atoms with Crippen molar-refractivity contribution in [1.29, 1.82) is 0 Å². The maximum atomic E-state index is 12.1. The predicted molar refractivity (Wildman–Crippen MR) is 79.3 cm³/mol. The second kappa shape index (κ2) is 6.97. The van der Waals surface area contributed by atoms with Crippen molar-refractivity contribution in [3.8, 4) is 0 Å². The summed E-state index contributed by atoms with van der Waals surface area (Å²) >= 11 is 1.36. The smallest absolute Gasteiger partial charge is 0.241 e. The van der Waals surface area contributed by atoms with Crippen LogP contribution in [0.3, 0.4) is 0 Å². The molecule has 1 aliphatic heterocycles. The van der Waals surface area contributed by atoms with E-state index in [9.17, 15) is 8.42 Å². The zero-order chi connectivity index (χ0) is 14.6. The fourth-order valence-corrected chi connectivity index (χ4v) is 4.31. The second-order valence-corrected chi connectivity index (χ2v) is 7.45. The van der Waals surface area contributed by atoms with Crippen molar-refractivity contribution < 1.29 is 13.2 Å². The Morgan fingerprint density at radius 3 is 3.05 bits per heavy atom. The lowest BCUT2D eigenvalue weighted by molar-refractivity contribution is -0.0229. The molecule has 20 heavy (non-hydrogen) atoms. The summed E-state index contributed by atoms with van der Waals surface area (Å²) in [6, 6.07) is 1.62. The number of nitrogens with zero attached hydrogens (tertiary/aromatic N) is 1. The lowest BCUT2D eigenvalue weighted by Crippen LogP contribution is -2.47. The molecule has 0 amide bonds. The molecule has 0 aromatic carbocycles. The molecule has 1 saturated heterocycles. The first-order valence-corrected chi connectivity index (χ1v) is 9.02. The van der Waals surface area contributed by atoms with E-state index in [1.807, 2.05) is 0 Å². The van der Waals surface area contributed by atoms with Gasteiger partial charge < -0.3 is 10.5 Å².